The summed E-state index contributed by atoms with van der Waals surface area (Å²) >= 11 is 0. The van der Waals surface area contributed by atoms with E-state index in [1.807, 2.05) is 30.3 Å². The summed E-state index contributed by atoms with van der Waals surface area (Å²) in [6.07, 6.45) is -4.76. The smallest absolute Gasteiger partial charge is 0.332 e. The minimum Gasteiger partial charge on any atom is -0.332 e. The summed E-state index contributed by atoms with van der Waals surface area (Å²) < 4.78 is 39.0. The number of hydrogen-bond acceptors (Lipinski definition) is 1. The summed E-state index contributed by atoms with van der Waals surface area (Å²) in [4.78, 5) is 12.0. The molecular formula is C17H13F3N2O. The third kappa shape index (κ3) is 3.36. The van der Waals surface area contributed by atoms with Crippen molar-refractivity contribution in [3.8, 4) is 0 Å². The van der Waals surface area contributed by atoms with Crippen molar-refractivity contribution in [1.29, 1.82) is 0 Å². The molecule has 1 aromatic heterocycles. The molecule has 0 bridgehead atoms. The van der Waals surface area contributed by atoms with Crippen LogP contribution in [-0.2, 0) is 6.54 Å². The highest BCUT2D eigenvalue weighted by Crippen LogP contribution is 2.22. The third-order valence-electron chi connectivity index (χ3n) is 3.48. The summed E-state index contributed by atoms with van der Waals surface area (Å²) in [7, 11) is 0. The van der Waals surface area contributed by atoms with Crippen molar-refractivity contribution < 1.29 is 18.0 Å². The van der Waals surface area contributed by atoms with E-state index in [-0.39, 0.29) is 5.69 Å². The highest BCUT2D eigenvalue weighted by Gasteiger charge is 2.32. The molecule has 23 heavy (non-hydrogen) atoms. The maximum atomic E-state index is 12.5. The average molecular weight is 318 g/mol. The molecule has 2 aromatic carbocycles. The summed E-state index contributed by atoms with van der Waals surface area (Å²) in [6, 6.07) is 17.8. The first-order valence-electron chi connectivity index (χ1n) is 6.95. The quantitative estimate of drug-likeness (QED) is 0.729. The molecule has 6 heteroatoms. The second-order valence-electron chi connectivity index (χ2n) is 5.11. The Morgan fingerprint density at radius 3 is 2.35 bits per heavy atom. The van der Waals surface area contributed by atoms with Gasteiger partial charge in [-0.3, -0.25) is 10.1 Å². The van der Waals surface area contributed by atoms with Crippen molar-refractivity contribution in [3.05, 3.63) is 71.9 Å². The number of nitrogens with one attached hydrogen (secondary N) is 1. The number of fused-ring (bicyclic) bond motifs is 1. The second kappa shape index (κ2) is 5.79. The van der Waals surface area contributed by atoms with Crippen LogP contribution >= 0.6 is 0 Å². The molecule has 0 saturated carbocycles. The lowest BCUT2D eigenvalue weighted by Crippen LogP contribution is -2.38. The van der Waals surface area contributed by atoms with E-state index in [4.69, 9.17) is 0 Å². The summed E-state index contributed by atoms with van der Waals surface area (Å²) in [5.41, 5.74) is 1.59. The number of halogens is 3. The topological polar surface area (TPSA) is 34.0 Å². The lowest BCUT2D eigenvalue weighted by atomic mass is 10.2. The third-order valence-corrected chi connectivity index (χ3v) is 3.48. The summed E-state index contributed by atoms with van der Waals surface area (Å²) in [6.45, 7) is 0.314. The molecule has 118 valence electrons. The molecule has 1 amide bonds. The molecule has 0 atom stereocenters. The number of carbonyl (C=O) groups excluding carboxylic acids is 1. The molecule has 3 rings (SSSR count). The zero-order valence-electron chi connectivity index (χ0n) is 12.0. The SMILES string of the molecule is O=C(NC(F)(F)F)c1cc2ccccc2n1Cc1ccccc1. The monoisotopic (exact) mass is 318 g/mol. The number of aromatic nitrogens is 1. The molecule has 0 aliphatic heterocycles. The molecule has 0 spiro atoms. The van der Waals surface area contributed by atoms with Gasteiger partial charge in [-0.1, -0.05) is 48.5 Å². The predicted molar refractivity (Wildman–Crippen MR) is 81.0 cm³/mol. The predicted octanol–water partition coefficient (Wildman–Crippen LogP) is 3.94. The van der Waals surface area contributed by atoms with Crippen LogP contribution in [-0.4, -0.2) is 16.8 Å². The number of amides is 1. The Kier molecular flexibility index (Phi) is 3.82. The first-order valence-corrected chi connectivity index (χ1v) is 6.95. The van der Waals surface area contributed by atoms with Crippen LogP contribution in [0.15, 0.2) is 60.7 Å². The van der Waals surface area contributed by atoms with Crippen LogP contribution in [0.25, 0.3) is 10.9 Å². The van der Waals surface area contributed by atoms with Crippen LogP contribution in [0.1, 0.15) is 16.1 Å². The number of rotatable bonds is 3. The van der Waals surface area contributed by atoms with E-state index in [9.17, 15) is 18.0 Å². The van der Waals surface area contributed by atoms with E-state index < -0.39 is 12.2 Å². The van der Waals surface area contributed by atoms with Crippen molar-refractivity contribution in [2.45, 2.75) is 12.8 Å². The van der Waals surface area contributed by atoms with Crippen molar-refractivity contribution in [2.75, 3.05) is 0 Å². The molecule has 0 radical (unpaired) electrons. The Labute approximate surface area is 130 Å². The van der Waals surface area contributed by atoms with Gasteiger partial charge in [-0.05, 0) is 17.7 Å². The molecule has 0 aliphatic carbocycles. The molecule has 3 aromatic rings. The van der Waals surface area contributed by atoms with Gasteiger partial charge in [0.25, 0.3) is 5.91 Å². The maximum Gasteiger partial charge on any atom is 0.484 e. The Hall–Kier alpha value is -2.76. The van der Waals surface area contributed by atoms with Crippen LogP contribution in [0.3, 0.4) is 0 Å². The molecule has 0 unspecified atom stereocenters. The Bertz CT molecular complexity index is 838. The number of benzene rings is 2. The van der Waals surface area contributed by atoms with E-state index in [0.717, 1.165) is 16.3 Å². The maximum absolute atomic E-state index is 12.5. The molecule has 0 aliphatic rings. The molecular weight excluding hydrogens is 305 g/mol. The van der Waals surface area contributed by atoms with Gasteiger partial charge in [0.2, 0.25) is 0 Å². The Morgan fingerprint density at radius 2 is 1.65 bits per heavy atom. The fourth-order valence-electron chi connectivity index (χ4n) is 2.53. The normalized spacial score (nSPS) is 11.6. The van der Waals surface area contributed by atoms with E-state index in [0.29, 0.717) is 12.1 Å². The first-order chi connectivity index (χ1) is 10.9. The van der Waals surface area contributed by atoms with Crippen molar-refractivity contribution in [1.82, 2.24) is 9.88 Å². The molecule has 1 heterocycles. The van der Waals surface area contributed by atoms with Gasteiger partial charge in [0.1, 0.15) is 5.69 Å². The van der Waals surface area contributed by atoms with Crippen LogP contribution in [0.2, 0.25) is 0 Å². The minimum atomic E-state index is -4.76. The van der Waals surface area contributed by atoms with Crippen molar-refractivity contribution in [2.24, 2.45) is 0 Å². The summed E-state index contributed by atoms with van der Waals surface area (Å²) in [5.74, 6) is -1.16. The number of carbonyl (C=O) groups is 1. The lowest BCUT2D eigenvalue weighted by molar-refractivity contribution is -0.146. The zero-order valence-corrected chi connectivity index (χ0v) is 12.0. The van der Waals surface area contributed by atoms with Crippen molar-refractivity contribution in [3.63, 3.8) is 0 Å². The minimum absolute atomic E-state index is 0.0209. The Morgan fingerprint density at radius 1 is 1.00 bits per heavy atom. The molecule has 3 nitrogen and oxygen atoms in total. The number of alkyl halides is 3. The van der Waals surface area contributed by atoms with Crippen LogP contribution in [0, 0.1) is 0 Å². The van der Waals surface area contributed by atoms with Gasteiger partial charge in [-0.2, -0.15) is 13.2 Å². The fourth-order valence-corrected chi connectivity index (χ4v) is 2.53. The Balaban J connectivity index is 2.06. The van der Waals surface area contributed by atoms with Crippen LogP contribution in [0.5, 0.6) is 0 Å². The zero-order chi connectivity index (χ0) is 16.4. The van der Waals surface area contributed by atoms with Crippen LogP contribution in [0.4, 0.5) is 13.2 Å². The molecule has 0 fully saturated rings. The van der Waals surface area contributed by atoms with Gasteiger partial charge in [-0.25, -0.2) is 0 Å². The molecule has 0 saturated heterocycles. The standard InChI is InChI=1S/C17H13F3N2O/c18-17(19,20)21-16(23)15-10-13-8-4-5-9-14(13)22(15)11-12-6-2-1-3-7-12/h1-10H,11H2,(H,21,23). The van der Waals surface area contributed by atoms with E-state index in [2.05, 4.69) is 0 Å². The average Bonchev–Trinajstić information content (AvgIpc) is 2.86. The lowest BCUT2D eigenvalue weighted by Gasteiger charge is -2.12. The highest BCUT2D eigenvalue weighted by atomic mass is 19.4. The fraction of sp³-hybridized carbons (Fsp3) is 0.118. The molecule has 1 N–H and O–H groups in total. The van der Waals surface area contributed by atoms with Gasteiger partial charge in [0.05, 0.1) is 0 Å². The van der Waals surface area contributed by atoms with Gasteiger partial charge >= 0.3 is 6.30 Å². The summed E-state index contributed by atoms with van der Waals surface area (Å²) in [5, 5.41) is 1.78. The number of hydrogen-bond donors (Lipinski definition) is 1. The first kappa shape index (κ1) is 15.1. The van der Waals surface area contributed by atoms with E-state index in [1.54, 1.807) is 28.8 Å². The number of para-hydroxylation sites is 1. The van der Waals surface area contributed by atoms with E-state index in [1.165, 1.54) is 6.07 Å². The van der Waals surface area contributed by atoms with Crippen LogP contribution < -0.4 is 5.32 Å². The van der Waals surface area contributed by atoms with Crippen molar-refractivity contribution >= 4 is 16.8 Å². The van der Waals surface area contributed by atoms with Gasteiger partial charge in [-0.15, -0.1) is 0 Å². The van der Waals surface area contributed by atoms with Gasteiger partial charge in [0.15, 0.2) is 0 Å². The second-order valence-corrected chi connectivity index (χ2v) is 5.11. The highest BCUT2D eigenvalue weighted by molar-refractivity contribution is 5.99. The van der Waals surface area contributed by atoms with Gasteiger partial charge in [0, 0.05) is 17.4 Å². The number of nitrogens with zero attached hydrogens (tertiary/aromatic N) is 1. The largest absolute Gasteiger partial charge is 0.484 e. The van der Waals surface area contributed by atoms with Gasteiger partial charge < -0.3 is 4.57 Å². The van der Waals surface area contributed by atoms with E-state index >= 15 is 0 Å².